The molecule has 4 rings (SSSR count). The molecule has 4 nitrogen and oxygen atoms in total. The fraction of sp³-hybridized carbons (Fsp3) is 0.250. The number of hydrogen-bond donors (Lipinski definition) is 2. The van der Waals surface area contributed by atoms with Crippen LogP contribution in [0.3, 0.4) is 0 Å². The molecule has 0 atom stereocenters. The van der Waals surface area contributed by atoms with E-state index in [1.54, 1.807) is 24.3 Å². The number of amides is 1. The third-order valence-corrected chi connectivity index (χ3v) is 6.00. The number of hydrogen-bond acceptors (Lipinski definition) is 2. The molecule has 0 aliphatic rings. The standard InChI is InChI=1S/C30H30N2O2.C2H6/c1-3-4-6-9-22-14-18-24(19-15-22)27-20-26(23-16-12-21(2)13-17-23)28(30(34)31-27)32-29(33)25-10-7-5-8-11-25;1-2/h5,7-8,10-20H,3-4,6,9H2,1-2H3,(H,31,34)(H,32,33);1-2H3. The molecule has 36 heavy (non-hydrogen) atoms. The van der Waals surface area contributed by atoms with Gasteiger partial charge in [0.15, 0.2) is 0 Å². The number of H-pyrrole nitrogens is 1. The molecule has 1 heterocycles. The molecule has 186 valence electrons. The number of unbranched alkanes of at least 4 members (excludes halogenated alkanes) is 2. The minimum absolute atomic E-state index is 0.248. The fourth-order valence-corrected chi connectivity index (χ4v) is 4.01. The van der Waals surface area contributed by atoms with Crippen molar-refractivity contribution in [2.24, 2.45) is 0 Å². The Morgan fingerprint density at radius 2 is 1.47 bits per heavy atom. The van der Waals surface area contributed by atoms with Gasteiger partial charge in [-0.05, 0) is 54.7 Å². The molecule has 0 saturated carbocycles. The molecule has 0 aliphatic heterocycles. The van der Waals surface area contributed by atoms with Gasteiger partial charge >= 0.3 is 0 Å². The lowest BCUT2D eigenvalue weighted by Gasteiger charge is -2.14. The van der Waals surface area contributed by atoms with Gasteiger partial charge in [-0.3, -0.25) is 9.59 Å². The van der Waals surface area contributed by atoms with Crippen LogP contribution in [0.2, 0.25) is 0 Å². The zero-order valence-electron chi connectivity index (χ0n) is 21.7. The average Bonchev–Trinajstić information content (AvgIpc) is 2.92. The van der Waals surface area contributed by atoms with Crippen LogP contribution >= 0.6 is 0 Å². The van der Waals surface area contributed by atoms with Crippen LogP contribution in [-0.2, 0) is 6.42 Å². The molecule has 0 spiro atoms. The zero-order chi connectivity index (χ0) is 25.9. The van der Waals surface area contributed by atoms with Crippen molar-refractivity contribution >= 4 is 11.6 Å². The van der Waals surface area contributed by atoms with E-state index < -0.39 is 0 Å². The molecule has 3 aromatic carbocycles. The molecule has 0 saturated heterocycles. The van der Waals surface area contributed by atoms with Gasteiger partial charge in [-0.15, -0.1) is 0 Å². The Bertz CT molecular complexity index is 1310. The Hall–Kier alpha value is -3.92. The van der Waals surface area contributed by atoms with Crippen LogP contribution in [-0.4, -0.2) is 10.9 Å². The van der Waals surface area contributed by atoms with E-state index in [4.69, 9.17) is 0 Å². The van der Waals surface area contributed by atoms with Crippen molar-refractivity contribution in [2.75, 3.05) is 5.32 Å². The van der Waals surface area contributed by atoms with Crippen molar-refractivity contribution in [2.45, 2.75) is 53.4 Å². The Morgan fingerprint density at radius 1 is 0.833 bits per heavy atom. The maximum Gasteiger partial charge on any atom is 0.272 e. The van der Waals surface area contributed by atoms with E-state index in [-0.39, 0.29) is 17.2 Å². The monoisotopic (exact) mass is 480 g/mol. The number of benzene rings is 3. The summed E-state index contributed by atoms with van der Waals surface area (Å²) in [5.41, 5.74) is 6.06. The second kappa shape index (κ2) is 13.2. The molecule has 1 amide bonds. The SMILES string of the molecule is CC.CCCCCc1ccc(-c2cc(-c3ccc(C)cc3)c(NC(=O)c3ccccc3)c(=O)[nH]2)cc1. The molecule has 4 heteroatoms. The summed E-state index contributed by atoms with van der Waals surface area (Å²) >= 11 is 0. The van der Waals surface area contributed by atoms with Crippen LogP contribution in [0.4, 0.5) is 5.69 Å². The summed E-state index contributed by atoms with van der Waals surface area (Å²) in [5.74, 6) is -0.316. The summed E-state index contributed by atoms with van der Waals surface area (Å²) in [6.45, 7) is 8.23. The minimum Gasteiger partial charge on any atom is -0.320 e. The van der Waals surface area contributed by atoms with Crippen molar-refractivity contribution in [3.63, 3.8) is 0 Å². The van der Waals surface area contributed by atoms with E-state index in [0.717, 1.165) is 28.8 Å². The molecule has 0 aliphatic carbocycles. The van der Waals surface area contributed by atoms with E-state index in [1.165, 1.54) is 24.8 Å². The number of pyridine rings is 1. The van der Waals surface area contributed by atoms with Crippen LogP contribution < -0.4 is 10.9 Å². The molecular formula is C32H36N2O2. The Kier molecular flexibility index (Phi) is 9.82. The predicted octanol–water partition coefficient (Wildman–Crippen LogP) is 8.03. The van der Waals surface area contributed by atoms with Crippen LogP contribution in [0.1, 0.15) is 61.5 Å². The number of rotatable bonds is 8. The van der Waals surface area contributed by atoms with Gasteiger partial charge in [0, 0.05) is 16.8 Å². The normalized spacial score (nSPS) is 10.3. The van der Waals surface area contributed by atoms with Gasteiger partial charge in [-0.1, -0.05) is 106 Å². The number of anilines is 1. The molecule has 0 unspecified atom stereocenters. The number of aryl methyl sites for hydroxylation is 2. The zero-order valence-corrected chi connectivity index (χ0v) is 21.7. The predicted molar refractivity (Wildman–Crippen MR) is 152 cm³/mol. The van der Waals surface area contributed by atoms with E-state index in [9.17, 15) is 9.59 Å². The van der Waals surface area contributed by atoms with Crippen LogP contribution in [0.25, 0.3) is 22.4 Å². The number of carbonyl (C=O) groups excluding carboxylic acids is 1. The van der Waals surface area contributed by atoms with Crippen LogP contribution in [0, 0.1) is 6.92 Å². The first kappa shape index (κ1) is 26.7. The van der Waals surface area contributed by atoms with Crippen molar-refractivity contribution in [1.82, 2.24) is 4.98 Å². The van der Waals surface area contributed by atoms with Gasteiger partial charge in [0.2, 0.25) is 0 Å². The molecular weight excluding hydrogens is 444 g/mol. The Morgan fingerprint density at radius 3 is 2.11 bits per heavy atom. The summed E-state index contributed by atoms with van der Waals surface area (Å²) in [6, 6.07) is 27.2. The highest BCUT2D eigenvalue weighted by molar-refractivity contribution is 6.06. The van der Waals surface area contributed by atoms with Crippen LogP contribution in [0.15, 0.2) is 89.7 Å². The van der Waals surface area contributed by atoms with E-state index in [2.05, 4.69) is 29.4 Å². The highest BCUT2D eigenvalue weighted by Crippen LogP contribution is 2.30. The highest BCUT2D eigenvalue weighted by atomic mass is 16.2. The highest BCUT2D eigenvalue weighted by Gasteiger charge is 2.16. The van der Waals surface area contributed by atoms with Gasteiger partial charge in [-0.2, -0.15) is 0 Å². The molecule has 0 radical (unpaired) electrons. The lowest BCUT2D eigenvalue weighted by molar-refractivity contribution is 0.102. The first-order valence-corrected chi connectivity index (χ1v) is 12.8. The smallest absolute Gasteiger partial charge is 0.272 e. The molecule has 0 fully saturated rings. The van der Waals surface area contributed by atoms with Crippen LogP contribution in [0.5, 0.6) is 0 Å². The van der Waals surface area contributed by atoms with Gasteiger partial charge in [0.1, 0.15) is 5.69 Å². The lowest BCUT2D eigenvalue weighted by atomic mass is 9.99. The van der Waals surface area contributed by atoms with E-state index in [0.29, 0.717) is 11.1 Å². The molecule has 0 bridgehead atoms. The largest absolute Gasteiger partial charge is 0.320 e. The van der Waals surface area contributed by atoms with Crippen molar-refractivity contribution in [3.8, 4) is 22.4 Å². The summed E-state index contributed by atoms with van der Waals surface area (Å²) < 4.78 is 0. The molecule has 4 aromatic rings. The van der Waals surface area contributed by atoms with Gasteiger partial charge in [0.05, 0.1) is 0 Å². The number of aromatic nitrogens is 1. The third kappa shape index (κ3) is 6.82. The summed E-state index contributed by atoms with van der Waals surface area (Å²) in [5, 5.41) is 2.84. The quantitative estimate of drug-likeness (QED) is 0.251. The molecule has 1 aromatic heterocycles. The van der Waals surface area contributed by atoms with E-state index >= 15 is 0 Å². The Labute approximate surface area is 214 Å². The average molecular weight is 481 g/mol. The summed E-state index contributed by atoms with van der Waals surface area (Å²) in [6.07, 6.45) is 4.67. The summed E-state index contributed by atoms with van der Waals surface area (Å²) in [7, 11) is 0. The third-order valence-electron chi connectivity index (χ3n) is 6.00. The number of carbonyl (C=O) groups is 1. The topological polar surface area (TPSA) is 62.0 Å². The number of aromatic amines is 1. The Balaban J connectivity index is 0.00000176. The first-order chi connectivity index (χ1) is 17.5. The lowest BCUT2D eigenvalue weighted by Crippen LogP contribution is -2.21. The maximum atomic E-state index is 13.2. The maximum absolute atomic E-state index is 13.2. The second-order valence-electron chi connectivity index (χ2n) is 8.64. The van der Waals surface area contributed by atoms with Gasteiger partial charge in [-0.25, -0.2) is 0 Å². The van der Waals surface area contributed by atoms with Crippen molar-refractivity contribution < 1.29 is 4.79 Å². The van der Waals surface area contributed by atoms with Gasteiger partial charge < -0.3 is 10.3 Å². The minimum atomic E-state index is -0.329. The first-order valence-electron chi connectivity index (χ1n) is 12.8. The van der Waals surface area contributed by atoms with Crippen molar-refractivity contribution in [3.05, 3.63) is 112 Å². The molecule has 2 N–H and O–H groups in total. The van der Waals surface area contributed by atoms with Crippen molar-refractivity contribution in [1.29, 1.82) is 0 Å². The fourth-order valence-electron chi connectivity index (χ4n) is 4.01. The van der Waals surface area contributed by atoms with E-state index in [1.807, 2.05) is 69.3 Å². The number of nitrogens with one attached hydrogen (secondary N) is 2. The van der Waals surface area contributed by atoms with Gasteiger partial charge in [0.25, 0.3) is 11.5 Å². The second-order valence-corrected chi connectivity index (χ2v) is 8.64. The summed E-state index contributed by atoms with van der Waals surface area (Å²) in [4.78, 5) is 29.0.